The van der Waals surface area contributed by atoms with Crippen LogP contribution in [0.25, 0.3) is 0 Å². The van der Waals surface area contributed by atoms with E-state index >= 15 is 0 Å². The molecule has 1 aromatic rings. The number of nitrogens with one attached hydrogen (secondary N) is 2. The molecule has 2 atom stereocenters. The summed E-state index contributed by atoms with van der Waals surface area (Å²) < 4.78 is 18.1. The molecule has 2 rings (SSSR count). The number of amides is 1. The fourth-order valence-corrected chi connectivity index (χ4v) is 2.39. The van der Waals surface area contributed by atoms with Crippen molar-refractivity contribution < 1.29 is 13.9 Å². The first kappa shape index (κ1) is 14.9. The van der Waals surface area contributed by atoms with Crippen LogP contribution in [0.4, 0.5) is 4.39 Å². The number of halogens is 1. The highest BCUT2D eigenvalue weighted by Crippen LogP contribution is 2.13. The van der Waals surface area contributed by atoms with Gasteiger partial charge >= 0.3 is 0 Å². The van der Waals surface area contributed by atoms with Crippen LogP contribution in [-0.4, -0.2) is 38.3 Å². The Labute approximate surface area is 118 Å². The molecule has 2 unspecified atom stereocenters. The average molecular weight is 280 g/mol. The van der Waals surface area contributed by atoms with Crippen LogP contribution in [0.3, 0.4) is 0 Å². The minimum absolute atomic E-state index is 0.0237. The van der Waals surface area contributed by atoms with Crippen molar-refractivity contribution in [3.05, 3.63) is 35.6 Å². The first-order valence-corrected chi connectivity index (χ1v) is 7.04. The predicted octanol–water partition coefficient (Wildman–Crippen LogP) is 1.11. The van der Waals surface area contributed by atoms with Gasteiger partial charge in [0.25, 0.3) is 0 Å². The van der Waals surface area contributed by atoms with Crippen molar-refractivity contribution in [1.82, 2.24) is 10.6 Å². The first-order valence-electron chi connectivity index (χ1n) is 7.04. The minimum Gasteiger partial charge on any atom is -0.379 e. The maximum Gasteiger partial charge on any atom is 0.227 e. The van der Waals surface area contributed by atoms with Gasteiger partial charge in [0.15, 0.2) is 0 Å². The van der Waals surface area contributed by atoms with Crippen LogP contribution in [0.15, 0.2) is 24.3 Å². The molecule has 2 N–H and O–H groups in total. The molecule has 1 heterocycles. The lowest BCUT2D eigenvalue weighted by atomic mass is 10.0. The Balaban J connectivity index is 1.76. The van der Waals surface area contributed by atoms with Gasteiger partial charge in [0.2, 0.25) is 5.91 Å². The zero-order valence-electron chi connectivity index (χ0n) is 11.7. The van der Waals surface area contributed by atoms with Gasteiger partial charge in [-0.15, -0.1) is 0 Å². The van der Waals surface area contributed by atoms with E-state index in [4.69, 9.17) is 4.74 Å². The van der Waals surface area contributed by atoms with Gasteiger partial charge < -0.3 is 15.4 Å². The third-order valence-electron chi connectivity index (χ3n) is 3.51. The Bertz CT molecular complexity index is 436. The van der Waals surface area contributed by atoms with E-state index in [9.17, 15) is 9.18 Å². The molecule has 5 heteroatoms. The molecular formula is C15H21FN2O2. The Morgan fingerprint density at radius 1 is 1.35 bits per heavy atom. The van der Waals surface area contributed by atoms with Crippen LogP contribution in [0.5, 0.6) is 0 Å². The number of benzene rings is 1. The van der Waals surface area contributed by atoms with E-state index < -0.39 is 0 Å². The number of likely N-dealkylation sites (N-methyl/N-ethyl adjacent to an activating group) is 1. The fourth-order valence-electron chi connectivity index (χ4n) is 2.39. The van der Waals surface area contributed by atoms with Crippen molar-refractivity contribution >= 4 is 5.91 Å². The molecule has 0 bridgehead atoms. The van der Waals surface area contributed by atoms with Gasteiger partial charge in [0.05, 0.1) is 19.1 Å². The van der Waals surface area contributed by atoms with Crippen molar-refractivity contribution in [2.45, 2.75) is 19.4 Å². The summed E-state index contributed by atoms with van der Waals surface area (Å²) in [7, 11) is 0. The number of carbonyl (C=O) groups excluding carboxylic acids is 1. The van der Waals surface area contributed by atoms with Crippen molar-refractivity contribution in [3.8, 4) is 0 Å². The molecule has 1 aromatic carbocycles. The number of rotatable bonds is 6. The van der Waals surface area contributed by atoms with E-state index in [0.717, 1.165) is 12.1 Å². The molecule has 0 saturated carbocycles. The number of hydrogen-bond donors (Lipinski definition) is 2. The topological polar surface area (TPSA) is 50.4 Å². The summed E-state index contributed by atoms with van der Waals surface area (Å²) in [5.74, 6) is -0.340. The summed E-state index contributed by atoms with van der Waals surface area (Å²) in [6.45, 7) is 4.46. The number of ether oxygens (including phenoxy) is 1. The molecule has 4 nitrogen and oxygen atoms in total. The normalized spacial score (nSPS) is 21.9. The summed E-state index contributed by atoms with van der Waals surface area (Å²) >= 11 is 0. The lowest BCUT2D eigenvalue weighted by Crippen LogP contribution is -2.44. The van der Waals surface area contributed by atoms with E-state index in [1.165, 1.54) is 12.1 Å². The van der Waals surface area contributed by atoms with Crippen molar-refractivity contribution in [2.75, 3.05) is 26.3 Å². The number of hydrogen-bond acceptors (Lipinski definition) is 3. The van der Waals surface area contributed by atoms with Crippen molar-refractivity contribution in [1.29, 1.82) is 0 Å². The molecule has 0 radical (unpaired) electrons. The summed E-state index contributed by atoms with van der Waals surface area (Å²) in [5, 5.41) is 6.19. The molecule has 1 fully saturated rings. The monoisotopic (exact) mass is 280 g/mol. The summed E-state index contributed by atoms with van der Waals surface area (Å²) in [4.78, 5) is 12.1. The quantitative estimate of drug-likeness (QED) is 0.820. The minimum atomic E-state index is -0.241. The van der Waals surface area contributed by atoms with E-state index in [1.54, 1.807) is 12.1 Å². The lowest BCUT2D eigenvalue weighted by molar-refractivity contribution is -0.125. The highest BCUT2D eigenvalue weighted by atomic mass is 19.1. The van der Waals surface area contributed by atoms with Gasteiger partial charge in [-0.1, -0.05) is 19.1 Å². The van der Waals surface area contributed by atoms with Crippen LogP contribution in [0.1, 0.15) is 12.5 Å². The maximum atomic E-state index is 12.8. The molecule has 1 aliphatic heterocycles. The van der Waals surface area contributed by atoms with E-state index in [2.05, 4.69) is 10.6 Å². The third-order valence-corrected chi connectivity index (χ3v) is 3.51. The van der Waals surface area contributed by atoms with Gasteiger partial charge in [0.1, 0.15) is 5.82 Å². The Kier molecular flexibility index (Phi) is 5.49. The van der Waals surface area contributed by atoms with Gasteiger partial charge in [-0.2, -0.15) is 0 Å². The van der Waals surface area contributed by atoms with Gasteiger partial charge in [-0.25, -0.2) is 4.39 Å². The molecule has 0 spiro atoms. The molecule has 1 amide bonds. The van der Waals surface area contributed by atoms with Gasteiger partial charge in [0, 0.05) is 12.6 Å². The second-order valence-corrected chi connectivity index (χ2v) is 4.98. The molecule has 1 saturated heterocycles. The van der Waals surface area contributed by atoms with E-state index in [0.29, 0.717) is 26.2 Å². The molecular weight excluding hydrogens is 259 g/mol. The zero-order valence-corrected chi connectivity index (χ0v) is 11.7. The number of carbonyl (C=O) groups is 1. The van der Waals surface area contributed by atoms with Crippen LogP contribution >= 0.6 is 0 Å². The molecule has 0 aliphatic carbocycles. The van der Waals surface area contributed by atoms with Crippen molar-refractivity contribution in [3.63, 3.8) is 0 Å². The Morgan fingerprint density at radius 2 is 2.10 bits per heavy atom. The fraction of sp³-hybridized carbons (Fsp3) is 0.533. The second-order valence-electron chi connectivity index (χ2n) is 4.98. The summed E-state index contributed by atoms with van der Waals surface area (Å²) in [5.41, 5.74) is 1.01. The molecule has 1 aliphatic rings. The maximum absolute atomic E-state index is 12.8. The second kappa shape index (κ2) is 7.36. The predicted molar refractivity (Wildman–Crippen MR) is 74.9 cm³/mol. The van der Waals surface area contributed by atoms with Crippen molar-refractivity contribution in [2.24, 2.45) is 5.92 Å². The Morgan fingerprint density at radius 3 is 2.80 bits per heavy atom. The van der Waals surface area contributed by atoms with E-state index in [-0.39, 0.29) is 23.7 Å². The lowest BCUT2D eigenvalue weighted by Gasteiger charge is -2.17. The van der Waals surface area contributed by atoms with Gasteiger partial charge in [-0.3, -0.25) is 4.79 Å². The standard InChI is InChI=1S/C15H21FN2O2/c1-2-17-14-10-20-9-13(14)15(19)18-8-7-11-3-5-12(16)6-4-11/h3-6,13-14,17H,2,7-10H2,1H3,(H,18,19). The zero-order chi connectivity index (χ0) is 14.4. The highest BCUT2D eigenvalue weighted by Gasteiger charge is 2.33. The van der Waals surface area contributed by atoms with Crippen LogP contribution in [0, 0.1) is 11.7 Å². The average Bonchev–Trinajstić information content (AvgIpc) is 2.90. The third kappa shape index (κ3) is 4.02. The largest absolute Gasteiger partial charge is 0.379 e. The molecule has 0 aromatic heterocycles. The smallest absolute Gasteiger partial charge is 0.227 e. The summed E-state index contributed by atoms with van der Waals surface area (Å²) in [6, 6.07) is 6.45. The Hall–Kier alpha value is -1.46. The van der Waals surface area contributed by atoms with E-state index in [1.807, 2.05) is 6.92 Å². The highest BCUT2D eigenvalue weighted by molar-refractivity contribution is 5.79. The summed E-state index contributed by atoms with van der Waals surface area (Å²) in [6.07, 6.45) is 0.700. The van der Waals surface area contributed by atoms with Crippen LogP contribution in [0.2, 0.25) is 0 Å². The molecule has 20 heavy (non-hydrogen) atoms. The van der Waals surface area contributed by atoms with Gasteiger partial charge in [-0.05, 0) is 30.7 Å². The molecule has 110 valence electrons. The van der Waals surface area contributed by atoms with Crippen LogP contribution in [-0.2, 0) is 16.0 Å². The SMILES string of the molecule is CCNC1COCC1C(=O)NCCc1ccc(F)cc1. The van der Waals surface area contributed by atoms with Crippen LogP contribution < -0.4 is 10.6 Å². The first-order chi connectivity index (χ1) is 9.70.